The molecule has 0 aromatic rings. The van der Waals surface area contributed by atoms with Crippen LogP contribution in [0.25, 0.3) is 0 Å². The monoisotopic (exact) mass is 213 g/mol. The van der Waals surface area contributed by atoms with Crippen LogP contribution in [0.15, 0.2) is 0 Å². The summed E-state index contributed by atoms with van der Waals surface area (Å²) in [7, 11) is 0. The Morgan fingerprint density at radius 1 is 1.13 bits per heavy atom. The van der Waals surface area contributed by atoms with E-state index in [1.807, 2.05) is 0 Å². The Labute approximate surface area is 89.7 Å². The van der Waals surface area contributed by atoms with Crippen LogP contribution in [0.3, 0.4) is 0 Å². The van der Waals surface area contributed by atoms with Crippen molar-refractivity contribution in [2.24, 2.45) is 5.41 Å². The lowest BCUT2D eigenvalue weighted by molar-refractivity contribution is -0.171. The maximum atomic E-state index is 11.4. The Morgan fingerprint density at radius 3 is 2.27 bits per heavy atom. The average molecular weight is 213 g/mol. The van der Waals surface area contributed by atoms with Gasteiger partial charge >= 0.3 is 5.97 Å². The van der Waals surface area contributed by atoms with Crippen LogP contribution >= 0.6 is 0 Å². The molecule has 1 saturated carbocycles. The Hall–Kier alpha value is -0.610. The van der Waals surface area contributed by atoms with Gasteiger partial charge in [-0.3, -0.25) is 4.79 Å². The van der Waals surface area contributed by atoms with Gasteiger partial charge in [0.2, 0.25) is 0 Å². The van der Waals surface area contributed by atoms with E-state index in [2.05, 4.69) is 5.32 Å². The third-order valence-electron chi connectivity index (χ3n) is 4.12. The summed E-state index contributed by atoms with van der Waals surface area (Å²) in [5, 5.41) is 23.1. The Morgan fingerprint density at radius 2 is 1.80 bits per heavy atom. The first-order valence-electron chi connectivity index (χ1n) is 5.77. The lowest BCUT2D eigenvalue weighted by Gasteiger charge is -2.44. The van der Waals surface area contributed by atoms with Gasteiger partial charge < -0.3 is 15.5 Å². The molecule has 0 bridgehead atoms. The summed E-state index contributed by atoms with van der Waals surface area (Å²) in [6, 6.07) is 0. The number of piperidine rings is 1. The first kappa shape index (κ1) is 10.9. The van der Waals surface area contributed by atoms with Crippen molar-refractivity contribution < 1.29 is 15.0 Å². The van der Waals surface area contributed by atoms with Crippen molar-refractivity contribution in [3.05, 3.63) is 0 Å². The molecule has 2 aliphatic rings. The highest BCUT2D eigenvalue weighted by Gasteiger charge is 2.57. The molecule has 0 spiro atoms. The van der Waals surface area contributed by atoms with E-state index in [0.717, 1.165) is 25.8 Å². The van der Waals surface area contributed by atoms with Crippen LogP contribution in [-0.4, -0.2) is 34.9 Å². The van der Waals surface area contributed by atoms with Gasteiger partial charge in [-0.1, -0.05) is 12.8 Å². The molecule has 2 fully saturated rings. The first-order chi connectivity index (χ1) is 7.11. The van der Waals surface area contributed by atoms with E-state index in [1.54, 1.807) is 0 Å². The molecule has 1 aliphatic carbocycles. The van der Waals surface area contributed by atoms with Gasteiger partial charge in [0.25, 0.3) is 0 Å². The van der Waals surface area contributed by atoms with E-state index in [1.165, 1.54) is 0 Å². The van der Waals surface area contributed by atoms with Gasteiger partial charge in [-0.2, -0.15) is 0 Å². The molecule has 0 aromatic heterocycles. The molecule has 1 aliphatic heterocycles. The van der Waals surface area contributed by atoms with Crippen LogP contribution in [0.2, 0.25) is 0 Å². The number of carboxylic acids is 1. The number of aliphatic carboxylic acids is 1. The predicted octanol–water partition coefficient (Wildman–Crippen LogP) is 0.746. The van der Waals surface area contributed by atoms with E-state index in [4.69, 9.17) is 0 Å². The largest absolute Gasteiger partial charge is 0.481 e. The fraction of sp³-hybridized carbons (Fsp3) is 0.909. The number of hydrogen-bond acceptors (Lipinski definition) is 3. The predicted molar refractivity (Wildman–Crippen MR) is 55.6 cm³/mol. The standard InChI is InChI=1S/C11H19NO3/c13-9(14)10(4-1-2-5-10)11(15)6-3-7-12-8-11/h12,15H,1-8H2,(H,13,14). The zero-order chi connectivity index (χ0) is 10.9. The lowest BCUT2D eigenvalue weighted by Crippen LogP contribution is -2.59. The molecule has 2 rings (SSSR count). The lowest BCUT2D eigenvalue weighted by atomic mass is 9.67. The molecule has 4 heteroatoms. The number of hydrogen-bond donors (Lipinski definition) is 3. The van der Waals surface area contributed by atoms with Crippen molar-refractivity contribution >= 4 is 5.97 Å². The molecular weight excluding hydrogens is 194 g/mol. The minimum atomic E-state index is -1.03. The van der Waals surface area contributed by atoms with Crippen LogP contribution in [0.5, 0.6) is 0 Å². The van der Waals surface area contributed by atoms with Gasteiger partial charge in [-0.15, -0.1) is 0 Å². The summed E-state index contributed by atoms with van der Waals surface area (Å²) >= 11 is 0. The Kier molecular flexibility index (Phi) is 2.73. The molecule has 86 valence electrons. The third kappa shape index (κ3) is 1.56. The maximum absolute atomic E-state index is 11.4. The van der Waals surface area contributed by atoms with Crippen LogP contribution in [0.4, 0.5) is 0 Å². The van der Waals surface area contributed by atoms with Gasteiger partial charge in [0.05, 0.1) is 11.0 Å². The van der Waals surface area contributed by atoms with Gasteiger partial charge in [0, 0.05) is 6.54 Å². The quantitative estimate of drug-likeness (QED) is 0.633. The molecular formula is C11H19NO3. The molecule has 0 amide bonds. The summed E-state index contributed by atoms with van der Waals surface area (Å²) in [6.45, 7) is 1.32. The van der Waals surface area contributed by atoms with Crippen LogP contribution in [0.1, 0.15) is 38.5 Å². The summed E-state index contributed by atoms with van der Waals surface area (Å²) in [4.78, 5) is 11.4. The van der Waals surface area contributed by atoms with Crippen molar-refractivity contribution in [3.63, 3.8) is 0 Å². The average Bonchev–Trinajstić information content (AvgIpc) is 2.69. The highest BCUT2D eigenvalue weighted by molar-refractivity contribution is 5.77. The van der Waals surface area contributed by atoms with Crippen molar-refractivity contribution in [2.75, 3.05) is 13.1 Å². The fourth-order valence-corrected chi connectivity index (χ4v) is 3.15. The zero-order valence-electron chi connectivity index (χ0n) is 8.96. The number of β-amino-alcohol motifs (C(OH)–C–C–N with tert-alkyl or cyclic N) is 1. The van der Waals surface area contributed by atoms with E-state index in [-0.39, 0.29) is 0 Å². The highest BCUT2D eigenvalue weighted by Crippen LogP contribution is 2.49. The molecule has 1 atom stereocenters. The van der Waals surface area contributed by atoms with Crippen LogP contribution < -0.4 is 5.32 Å². The smallest absolute Gasteiger partial charge is 0.312 e. The Bertz CT molecular complexity index is 253. The van der Waals surface area contributed by atoms with Gasteiger partial charge in [0.15, 0.2) is 0 Å². The second-order valence-electron chi connectivity index (χ2n) is 4.91. The van der Waals surface area contributed by atoms with Crippen LogP contribution in [-0.2, 0) is 4.79 Å². The molecule has 15 heavy (non-hydrogen) atoms. The van der Waals surface area contributed by atoms with E-state index < -0.39 is 17.0 Å². The highest BCUT2D eigenvalue weighted by atomic mass is 16.4. The van der Waals surface area contributed by atoms with Gasteiger partial charge in [-0.05, 0) is 32.2 Å². The number of aliphatic hydroxyl groups is 1. The molecule has 1 saturated heterocycles. The Balaban J connectivity index is 2.26. The number of nitrogens with one attached hydrogen (secondary N) is 1. The van der Waals surface area contributed by atoms with Gasteiger partial charge in [-0.25, -0.2) is 0 Å². The summed E-state index contributed by atoms with van der Waals surface area (Å²) in [5.74, 6) is -0.814. The number of carbonyl (C=O) groups is 1. The van der Waals surface area contributed by atoms with Crippen molar-refractivity contribution in [1.29, 1.82) is 0 Å². The SMILES string of the molecule is O=C(O)C1(C2(O)CCCNC2)CCCC1. The first-order valence-corrected chi connectivity index (χ1v) is 5.77. The second kappa shape index (κ2) is 3.76. The molecule has 1 unspecified atom stereocenters. The zero-order valence-corrected chi connectivity index (χ0v) is 8.96. The molecule has 0 radical (unpaired) electrons. The van der Waals surface area contributed by atoms with Gasteiger partial charge in [0.1, 0.15) is 0 Å². The number of rotatable bonds is 2. The van der Waals surface area contributed by atoms with Crippen molar-refractivity contribution in [1.82, 2.24) is 5.32 Å². The van der Waals surface area contributed by atoms with Crippen molar-refractivity contribution in [2.45, 2.75) is 44.1 Å². The summed E-state index contributed by atoms with van der Waals surface area (Å²) in [5.41, 5.74) is -1.92. The van der Waals surface area contributed by atoms with E-state index in [0.29, 0.717) is 25.8 Å². The van der Waals surface area contributed by atoms with E-state index >= 15 is 0 Å². The molecule has 3 N–H and O–H groups in total. The van der Waals surface area contributed by atoms with E-state index in [9.17, 15) is 15.0 Å². The minimum Gasteiger partial charge on any atom is -0.481 e. The topological polar surface area (TPSA) is 69.6 Å². The molecule has 0 aromatic carbocycles. The molecule has 4 nitrogen and oxygen atoms in total. The minimum absolute atomic E-state index is 0.430. The third-order valence-corrected chi connectivity index (χ3v) is 4.12. The normalized spacial score (nSPS) is 35.3. The van der Waals surface area contributed by atoms with Crippen molar-refractivity contribution in [3.8, 4) is 0 Å². The fourth-order valence-electron chi connectivity index (χ4n) is 3.15. The molecule has 1 heterocycles. The summed E-state index contributed by atoms with van der Waals surface area (Å²) < 4.78 is 0. The van der Waals surface area contributed by atoms with Crippen LogP contribution in [0, 0.1) is 5.41 Å². The summed E-state index contributed by atoms with van der Waals surface area (Å²) in [6.07, 6.45) is 4.59. The second-order valence-corrected chi connectivity index (χ2v) is 4.91. The maximum Gasteiger partial charge on any atom is 0.312 e. The number of carboxylic acid groups (broad SMARTS) is 1.